The maximum absolute atomic E-state index is 5.38. The standard InChI is InChI=1S/C11H24N4O2/c1-16-7-2-5-13-11(15-12)14-6-3-10-4-8-17-9-10/h10H,2-9,12H2,1H3,(H2,13,14,15). The Labute approximate surface area is 103 Å². The summed E-state index contributed by atoms with van der Waals surface area (Å²) < 4.78 is 10.3. The number of hydrogen-bond acceptors (Lipinski definition) is 4. The van der Waals surface area contributed by atoms with Gasteiger partial charge in [0.05, 0.1) is 0 Å². The third kappa shape index (κ3) is 6.45. The van der Waals surface area contributed by atoms with Gasteiger partial charge < -0.3 is 14.8 Å². The predicted molar refractivity (Wildman–Crippen MR) is 67.7 cm³/mol. The zero-order valence-electron chi connectivity index (χ0n) is 10.6. The first kappa shape index (κ1) is 14.2. The number of methoxy groups -OCH3 is 1. The van der Waals surface area contributed by atoms with Crippen molar-refractivity contribution < 1.29 is 9.47 Å². The van der Waals surface area contributed by atoms with Gasteiger partial charge >= 0.3 is 0 Å². The Morgan fingerprint density at radius 1 is 1.59 bits per heavy atom. The molecular formula is C11H24N4O2. The Morgan fingerprint density at radius 3 is 3.12 bits per heavy atom. The highest BCUT2D eigenvalue weighted by Crippen LogP contribution is 2.14. The first-order valence-electron chi connectivity index (χ1n) is 6.18. The molecule has 1 unspecified atom stereocenters. The molecule has 0 aromatic heterocycles. The lowest BCUT2D eigenvalue weighted by Gasteiger charge is -2.11. The van der Waals surface area contributed by atoms with Gasteiger partial charge in [-0.2, -0.15) is 0 Å². The van der Waals surface area contributed by atoms with Crippen molar-refractivity contribution in [1.82, 2.24) is 10.7 Å². The Bertz CT molecular complexity index is 218. The van der Waals surface area contributed by atoms with E-state index < -0.39 is 0 Å². The minimum Gasteiger partial charge on any atom is -0.385 e. The van der Waals surface area contributed by atoms with E-state index in [1.165, 1.54) is 0 Å². The molecular weight excluding hydrogens is 220 g/mol. The van der Waals surface area contributed by atoms with Gasteiger partial charge in [-0.25, -0.2) is 5.84 Å². The van der Waals surface area contributed by atoms with Gasteiger partial charge in [-0.1, -0.05) is 0 Å². The maximum atomic E-state index is 5.38. The van der Waals surface area contributed by atoms with Crippen LogP contribution in [0.4, 0.5) is 0 Å². The monoisotopic (exact) mass is 244 g/mol. The van der Waals surface area contributed by atoms with Gasteiger partial charge in [0.1, 0.15) is 0 Å². The molecule has 0 aliphatic carbocycles. The average Bonchev–Trinajstić information content (AvgIpc) is 2.85. The van der Waals surface area contributed by atoms with Crippen LogP contribution in [-0.2, 0) is 9.47 Å². The Morgan fingerprint density at radius 2 is 2.47 bits per heavy atom. The number of hydrogen-bond donors (Lipinski definition) is 3. The molecule has 1 atom stereocenters. The molecule has 1 aliphatic heterocycles. The maximum Gasteiger partial charge on any atom is 0.205 e. The molecule has 1 heterocycles. The zero-order valence-corrected chi connectivity index (χ0v) is 10.6. The van der Waals surface area contributed by atoms with Gasteiger partial charge in [-0.05, 0) is 25.2 Å². The summed E-state index contributed by atoms with van der Waals surface area (Å²) in [6, 6.07) is 0. The van der Waals surface area contributed by atoms with E-state index in [-0.39, 0.29) is 0 Å². The second kappa shape index (κ2) is 9.21. The molecule has 1 saturated heterocycles. The SMILES string of the molecule is COCCCN=C(NN)NCCC1CCOC1. The summed E-state index contributed by atoms with van der Waals surface area (Å²) in [5.41, 5.74) is 2.57. The molecule has 1 fully saturated rings. The summed E-state index contributed by atoms with van der Waals surface area (Å²) in [4.78, 5) is 4.30. The fraction of sp³-hybridized carbons (Fsp3) is 0.909. The van der Waals surface area contributed by atoms with Gasteiger partial charge in [0.25, 0.3) is 0 Å². The van der Waals surface area contributed by atoms with E-state index in [1.54, 1.807) is 7.11 Å². The molecule has 17 heavy (non-hydrogen) atoms. The lowest BCUT2D eigenvalue weighted by Crippen LogP contribution is -2.42. The second-order valence-electron chi connectivity index (χ2n) is 4.17. The van der Waals surface area contributed by atoms with E-state index in [0.717, 1.165) is 45.6 Å². The minimum atomic E-state index is 0.653. The van der Waals surface area contributed by atoms with Crippen molar-refractivity contribution in [3.63, 3.8) is 0 Å². The zero-order chi connectivity index (χ0) is 12.3. The van der Waals surface area contributed by atoms with Crippen molar-refractivity contribution >= 4 is 5.96 Å². The number of rotatable bonds is 7. The number of ether oxygens (including phenoxy) is 2. The van der Waals surface area contributed by atoms with Crippen molar-refractivity contribution in [1.29, 1.82) is 0 Å². The summed E-state index contributed by atoms with van der Waals surface area (Å²) >= 11 is 0. The van der Waals surface area contributed by atoms with Crippen LogP contribution in [0.3, 0.4) is 0 Å². The van der Waals surface area contributed by atoms with Crippen molar-refractivity contribution in [3.8, 4) is 0 Å². The van der Waals surface area contributed by atoms with E-state index in [0.29, 0.717) is 18.4 Å². The van der Waals surface area contributed by atoms with Crippen LogP contribution in [0.5, 0.6) is 0 Å². The molecule has 0 bridgehead atoms. The summed E-state index contributed by atoms with van der Waals surface area (Å²) in [7, 11) is 1.69. The third-order valence-electron chi connectivity index (χ3n) is 2.78. The van der Waals surface area contributed by atoms with Gasteiger partial charge in [0.15, 0.2) is 0 Å². The minimum absolute atomic E-state index is 0.653. The highest BCUT2D eigenvalue weighted by Gasteiger charge is 2.14. The summed E-state index contributed by atoms with van der Waals surface area (Å²) in [6.45, 7) is 4.10. The van der Waals surface area contributed by atoms with Crippen molar-refractivity contribution in [2.24, 2.45) is 16.8 Å². The molecule has 0 spiro atoms. The Balaban J connectivity index is 2.08. The van der Waals surface area contributed by atoms with Crippen LogP contribution in [0.15, 0.2) is 4.99 Å². The number of nitrogens with zero attached hydrogens (tertiary/aromatic N) is 1. The van der Waals surface area contributed by atoms with E-state index in [4.69, 9.17) is 15.3 Å². The van der Waals surface area contributed by atoms with Crippen molar-refractivity contribution in [2.75, 3.05) is 40.0 Å². The Hall–Kier alpha value is -0.850. The molecule has 6 nitrogen and oxygen atoms in total. The lowest BCUT2D eigenvalue weighted by atomic mass is 10.1. The van der Waals surface area contributed by atoms with Crippen LogP contribution in [0.25, 0.3) is 0 Å². The van der Waals surface area contributed by atoms with Crippen LogP contribution in [0.1, 0.15) is 19.3 Å². The first-order valence-corrected chi connectivity index (χ1v) is 6.18. The van der Waals surface area contributed by atoms with Crippen molar-refractivity contribution in [3.05, 3.63) is 0 Å². The van der Waals surface area contributed by atoms with Crippen LogP contribution in [0.2, 0.25) is 0 Å². The van der Waals surface area contributed by atoms with Gasteiger partial charge in [-0.3, -0.25) is 10.4 Å². The fourth-order valence-corrected chi connectivity index (χ4v) is 1.76. The molecule has 1 aliphatic rings. The normalized spacial score (nSPS) is 20.6. The lowest BCUT2D eigenvalue weighted by molar-refractivity contribution is 0.184. The molecule has 1 rings (SSSR count). The van der Waals surface area contributed by atoms with E-state index in [2.05, 4.69) is 15.7 Å². The number of aliphatic imine (C=N–C) groups is 1. The van der Waals surface area contributed by atoms with Crippen molar-refractivity contribution in [2.45, 2.75) is 19.3 Å². The molecule has 4 N–H and O–H groups in total. The highest BCUT2D eigenvalue weighted by molar-refractivity contribution is 5.79. The number of nitrogens with one attached hydrogen (secondary N) is 2. The quantitative estimate of drug-likeness (QED) is 0.191. The van der Waals surface area contributed by atoms with Crippen LogP contribution in [-0.4, -0.2) is 46.0 Å². The van der Waals surface area contributed by atoms with Gasteiger partial charge in [0, 0.05) is 40.0 Å². The average molecular weight is 244 g/mol. The van der Waals surface area contributed by atoms with E-state index >= 15 is 0 Å². The number of nitrogens with two attached hydrogens (primary N) is 1. The number of guanidine groups is 1. The smallest absolute Gasteiger partial charge is 0.205 e. The molecule has 0 aromatic rings. The fourth-order valence-electron chi connectivity index (χ4n) is 1.76. The summed E-state index contributed by atoms with van der Waals surface area (Å²) in [6.07, 6.45) is 3.16. The highest BCUT2D eigenvalue weighted by atomic mass is 16.5. The summed E-state index contributed by atoms with van der Waals surface area (Å²) in [5, 5.41) is 3.19. The molecule has 0 saturated carbocycles. The van der Waals surface area contributed by atoms with E-state index in [9.17, 15) is 0 Å². The topological polar surface area (TPSA) is 80.9 Å². The predicted octanol–water partition coefficient (Wildman–Crippen LogP) is -0.142. The van der Waals surface area contributed by atoms with Crippen LogP contribution in [0, 0.1) is 5.92 Å². The number of hydrazine groups is 1. The molecule has 0 amide bonds. The van der Waals surface area contributed by atoms with Gasteiger partial charge in [-0.15, -0.1) is 0 Å². The third-order valence-corrected chi connectivity index (χ3v) is 2.78. The molecule has 0 aromatic carbocycles. The first-order chi connectivity index (χ1) is 8.36. The molecule has 100 valence electrons. The second-order valence-corrected chi connectivity index (χ2v) is 4.17. The van der Waals surface area contributed by atoms with Crippen LogP contribution < -0.4 is 16.6 Å². The molecule has 0 radical (unpaired) electrons. The largest absolute Gasteiger partial charge is 0.385 e. The van der Waals surface area contributed by atoms with Gasteiger partial charge in [0.2, 0.25) is 5.96 Å². The van der Waals surface area contributed by atoms with E-state index in [1.807, 2.05) is 0 Å². The Kier molecular flexibility index (Phi) is 7.70. The van der Waals surface area contributed by atoms with Crippen LogP contribution >= 0.6 is 0 Å². The summed E-state index contributed by atoms with van der Waals surface area (Å²) in [5.74, 6) is 6.71. The molecule has 6 heteroatoms.